The largest absolute Gasteiger partial charge is 0.337 e. The number of benzene rings is 1. The van der Waals surface area contributed by atoms with Crippen LogP contribution in [0.2, 0.25) is 5.02 Å². The van der Waals surface area contributed by atoms with Crippen LogP contribution in [-0.4, -0.2) is 27.0 Å². The molecule has 120 valence electrons. The molecule has 1 atom stereocenters. The summed E-state index contributed by atoms with van der Waals surface area (Å²) in [6, 6.07) is 6.34. The van der Waals surface area contributed by atoms with Gasteiger partial charge in [0.1, 0.15) is 12.1 Å². The van der Waals surface area contributed by atoms with E-state index in [1.165, 1.54) is 0 Å². The van der Waals surface area contributed by atoms with Crippen molar-refractivity contribution in [1.29, 1.82) is 0 Å². The number of halogens is 1. The number of aryl methyl sites for hydroxylation is 1. The predicted octanol–water partition coefficient (Wildman–Crippen LogP) is 2.25. The van der Waals surface area contributed by atoms with E-state index in [1.54, 1.807) is 31.2 Å². The first-order valence-electron chi connectivity index (χ1n) is 7.15. The van der Waals surface area contributed by atoms with Crippen molar-refractivity contribution in [2.75, 3.05) is 0 Å². The summed E-state index contributed by atoms with van der Waals surface area (Å²) < 4.78 is 5.05. The van der Waals surface area contributed by atoms with Crippen molar-refractivity contribution < 1.29 is 14.1 Å². The van der Waals surface area contributed by atoms with E-state index in [2.05, 4.69) is 15.5 Å². The number of hydrogen-bond acceptors (Lipinski definition) is 5. The molecule has 0 spiro atoms. The summed E-state index contributed by atoms with van der Waals surface area (Å²) in [5, 5.41) is 6.96. The molecule has 0 saturated carbocycles. The van der Waals surface area contributed by atoms with Gasteiger partial charge in [-0.2, -0.15) is 4.98 Å². The van der Waals surface area contributed by atoms with Crippen LogP contribution in [0.4, 0.5) is 4.79 Å². The summed E-state index contributed by atoms with van der Waals surface area (Å²) in [5.41, 5.74) is -0.555. The normalized spacial score (nSPS) is 20.9. The first-order chi connectivity index (χ1) is 10.9. The van der Waals surface area contributed by atoms with Gasteiger partial charge in [-0.05, 0) is 24.6 Å². The number of nitrogens with one attached hydrogen (secondary N) is 1. The Bertz CT molecular complexity index is 776. The zero-order chi connectivity index (χ0) is 16.6. The molecule has 1 saturated heterocycles. The van der Waals surface area contributed by atoms with Crippen molar-refractivity contribution in [3.8, 4) is 0 Å². The fourth-order valence-electron chi connectivity index (χ4n) is 2.47. The molecule has 0 aliphatic carbocycles. The maximum atomic E-state index is 12.7. The second-order valence-corrected chi connectivity index (χ2v) is 5.85. The summed E-state index contributed by atoms with van der Waals surface area (Å²) in [6.07, 6.45) is 0.615. The monoisotopic (exact) mass is 334 g/mol. The quantitative estimate of drug-likeness (QED) is 0.866. The van der Waals surface area contributed by atoms with E-state index in [4.69, 9.17) is 16.1 Å². The standard InChI is InChI=1S/C15H15ClN4O3/c1-3-11-17-12(23-19-11)8-20-13(21)15(2,18-14(20)22)9-5-4-6-10(16)7-9/h4-7H,3,8H2,1-2H3,(H,18,22)/t15-/m0/s1. The van der Waals surface area contributed by atoms with Crippen LogP contribution in [0.1, 0.15) is 31.1 Å². The molecule has 3 rings (SSSR count). The Morgan fingerprint density at radius 3 is 2.83 bits per heavy atom. The van der Waals surface area contributed by atoms with E-state index in [9.17, 15) is 9.59 Å². The lowest BCUT2D eigenvalue weighted by atomic mass is 9.92. The van der Waals surface area contributed by atoms with Gasteiger partial charge in [-0.25, -0.2) is 4.79 Å². The van der Waals surface area contributed by atoms with Crippen LogP contribution in [0.5, 0.6) is 0 Å². The lowest BCUT2D eigenvalue weighted by molar-refractivity contribution is -0.131. The van der Waals surface area contributed by atoms with Gasteiger partial charge < -0.3 is 9.84 Å². The first kappa shape index (κ1) is 15.5. The van der Waals surface area contributed by atoms with Gasteiger partial charge in [0.2, 0.25) is 5.89 Å². The summed E-state index contributed by atoms with van der Waals surface area (Å²) in [5.74, 6) is 0.367. The number of imide groups is 1. The molecular formula is C15H15ClN4O3. The van der Waals surface area contributed by atoms with Gasteiger partial charge in [0.25, 0.3) is 5.91 Å². The van der Waals surface area contributed by atoms with Crippen molar-refractivity contribution in [2.45, 2.75) is 32.4 Å². The Balaban J connectivity index is 1.87. The molecule has 0 bridgehead atoms. The molecule has 0 unspecified atom stereocenters. The van der Waals surface area contributed by atoms with E-state index >= 15 is 0 Å². The minimum Gasteiger partial charge on any atom is -0.337 e. The summed E-state index contributed by atoms with van der Waals surface area (Å²) >= 11 is 5.98. The average molecular weight is 335 g/mol. The molecular weight excluding hydrogens is 320 g/mol. The molecule has 2 heterocycles. The molecule has 7 nitrogen and oxygen atoms in total. The lowest BCUT2D eigenvalue weighted by Gasteiger charge is -2.22. The molecule has 1 fully saturated rings. The van der Waals surface area contributed by atoms with Gasteiger partial charge >= 0.3 is 6.03 Å². The van der Waals surface area contributed by atoms with Crippen LogP contribution in [-0.2, 0) is 23.3 Å². The second-order valence-electron chi connectivity index (χ2n) is 5.41. The van der Waals surface area contributed by atoms with Crippen molar-refractivity contribution >= 4 is 23.5 Å². The van der Waals surface area contributed by atoms with Gasteiger partial charge in [0.05, 0.1) is 0 Å². The second kappa shape index (κ2) is 5.66. The first-order valence-corrected chi connectivity index (χ1v) is 7.53. The highest BCUT2D eigenvalue weighted by Gasteiger charge is 2.49. The Kier molecular flexibility index (Phi) is 3.81. The Morgan fingerprint density at radius 2 is 2.17 bits per heavy atom. The fourth-order valence-corrected chi connectivity index (χ4v) is 2.66. The van der Waals surface area contributed by atoms with Crippen LogP contribution < -0.4 is 5.32 Å². The molecule has 1 N–H and O–H groups in total. The van der Waals surface area contributed by atoms with E-state index in [0.29, 0.717) is 22.8 Å². The molecule has 0 radical (unpaired) electrons. The topological polar surface area (TPSA) is 88.3 Å². The fraction of sp³-hybridized carbons (Fsp3) is 0.333. The third-order valence-corrected chi connectivity index (χ3v) is 4.03. The average Bonchev–Trinajstić information content (AvgIpc) is 3.07. The van der Waals surface area contributed by atoms with Gasteiger partial charge in [-0.15, -0.1) is 0 Å². The van der Waals surface area contributed by atoms with Crippen LogP contribution >= 0.6 is 11.6 Å². The van der Waals surface area contributed by atoms with Crippen molar-refractivity contribution in [2.24, 2.45) is 0 Å². The SMILES string of the molecule is CCc1noc(CN2C(=O)N[C@@](C)(c3cccc(Cl)c3)C2=O)n1. The predicted molar refractivity (Wildman–Crippen MR) is 81.6 cm³/mol. The molecule has 2 aromatic rings. The highest BCUT2D eigenvalue weighted by atomic mass is 35.5. The molecule has 3 amide bonds. The van der Waals surface area contributed by atoms with Crippen LogP contribution in [0.3, 0.4) is 0 Å². The molecule has 1 aromatic heterocycles. The van der Waals surface area contributed by atoms with Gasteiger partial charge in [0, 0.05) is 11.4 Å². The number of aromatic nitrogens is 2. The van der Waals surface area contributed by atoms with Gasteiger partial charge in [-0.3, -0.25) is 9.69 Å². The van der Waals surface area contributed by atoms with Crippen molar-refractivity contribution in [3.05, 3.63) is 46.6 Å². The third kappa shape index (κ3) is 2.68. The number of urea groups is 1. The van der Waals surface area contributed by atoms with E-state index in [0.717, 1.165) is 4.90 Å². The van der Waals surface area contributed by atoms with Crippen LogP contribution in [0, 0.1) is 0 Å². The van der Waals surface area contributed by atoms with Crippen LogP contribution in [0.25, 0.3) is 0 Å². The number of carbonyl (C=O) groups is 2. The minimum absolute atomic E-state index is 0.0617. The zero-order valence-electron chi connectivity index (χ0n) is 12.7. The Labute approximate surface area is 137 Å². The van der Waals surface area contributed by atoms with E-state index < -0.39 is 11.6 Å². The van der Waals surface area contributed by atoms with Crippen LogP contribution in [0.15, 0.2) is 28.8 Å². The number of nitrogens with zero attached hydrogens (tertiary/aromatic N) is 3. The number of rotatable bonds is 4. The Hall–Kier alpha value is -2.41. The number of amides is 3. The highest BCUT2D eigenvalue weighted by Crippen LogP contribution is 2.30. The van der Waals surface area contributed by atoms with Crippen molar-refractivity contribution in [1.82, 2.24) is 20.4 Å². The maximum Gasteiger partial charge on any atom is 0.325 e. The summed E-state index contributed by atoms with van der Waals surface area (Å²) in [4.78, 5) is 30.1. The van der Waals surface area contributed by atoms with Gasteiger partial charge in [-0.1, -0.05) is 35.8 Å². The molecule has 1 aliphatic heterocycles. The number of hydrogen-bond donors (Lipinski definition) is 1. The molecule has 1 aliphatic rings. The van der Waals surface area contributed by atoms with Crippen molar-refractivity contribution in [3.63, 3.8) is 0 Å². The molecule has 23 heavy (non-hydrogen) atoms. The third-order valence-electron chi connectivity index (χ3n) is 3.80. The number of carbonyl (C=O) groups excluding carboxylic acids is 2. The minimum atomic E-state index is -1.17. The molecule has 1 aromatic carbocycles. The maximum absolute atomic E-state index is 12.7. The highest BCUT2D eigenvalue weighted by molar-refractivity contribution is 6.30. The summed E-state index contributed by atoms with van der Waals surface area (Å²) in [6.45, 7) is 3.47. The zero-order valence-corrected chi connectivity index (χ0v) is 13.4. The van der Waals surface area contributed by atoms with E-state index in [-0.39, 0.29) is 18.3 Å². The van der Waals surface area contributed by atoms with E-state index in [1.807, 2.05) is 6.92 Å². The molecule has 8 heteroatoms. The van der Waals surface area contributed by atoms with Gasteiger partial charge in [0.15, 0.2) is 5.82 Å². The Morgan fingerprint density at radius 1 is 1.39 bits per heavy atom. The lowest BCUT2D eigenvalue weighted by Crippen LogP contribution is -2.40. The summed E-state index contributed by atoms with van der Waals surface area (Å²) in [7, 11) is 0. The smallest absolute Gasteiger partial charge is 0.325 e.